The molecule has 20 rings (SSSR count). The van der Waals surface area contributed by atoms with Gasteiger partial charge in [-0.15, -0.1) is 0 Å². The van der Waals surface area contributed by atoms with Crippen molar-refractivity contribution in [3.05, 3.63) is 223 Å². The predicted octanol–water partition coefficient (Wildman–Crippen LogP) is 17.1. The van der Waals surface area contributed by atoms with Gasteiger partial charge in [-0.1, -0.05) is 6.07 Å². The average Bonchev–Trinajstić information content (AvgIpc) is 1.59. The number of anilines is 2. The van der Waals surface area contributed by atoms with Gasteiger partial charge in [0, 0.05) is 203 Å². The van der Waals surface area contributed by atoms with E-state index < -0.39 is 5.82 Å². The minimum absolute atomic E-state index is 0.195. The molecule has 7 aromatic carbocycles. The van der Waals surface area contributed by atoms with E-state index in [0.29, 0.717) is 25.0 Å². The second-order valence-electron chi connectivity index (χ2n) is 28.9. The smallest absolute Gasteiger partial charge is 0.165 e. The van der Waals surface area contributed by atoms with Crippen molar-refractivity contribution in [3.63, 3.8) is 0 Å². The molecular weight excluding hydrogens is 1390 g/mol. The third kappa shape index (κ3) is 13.5. The van der Waals surface area contributed by atoms with Crippen LogP contribution in [0.2, 0.25) is 0 Å². The fourth-order valence-corrected chi connectivity index (χ4v) is 16.9. The summed E-state index contributed by atoms with van der Waals surface area (Å²) in [5.74, 6) is 1.85. The van der Waals surface area contributed by atoms with Gasteiger partial charge < -0.3 is 52.1 Å². The first-order valence-corrected chi connectivity index (χ1v) is 37.6. The summed E-state index contributed by atoms with van der Waals surface area (Å²) in [6, 6.07) is 46.8. The fraction of sp³-hybridized carbons (Fsp3) is 0.291. The Bertz CT molecular complexity index is 5740. The van der Waals surface area contributed by atoms with Gasteiger partial charge in [0.15, 0.2) is 11.6 Å². The third-order valence-electron chi connectivity index (χ3n) is 22.4. The van der Waals surface area contributed by atoms with Crippen LogP contribution in [0.1, 0.15) is 73.4 Å². The van der Waals surface area contributed by atoms with Gasteiger partial charge in [-0.2, -0.15) is 15.3 Å². The molecule has 554 valence electrons. The van der Waals surface area contributed by atoms with Gasteiger partial charge >= 0.3 is 0 Å². The van der Waals surface area contributed by atoms with Crippen molar-refractivity contribution >= 4 is 77.1 Å². The van der Waals surface area contributed by atoms with Crippen LogP contribution in [0.5, 0.6) is 5.75 Å². The quantitative estimate of drug-likeness (QED) is 0.0984. The average molecular weight is 1470 g/mol. The van der Waals surface area contributed by atoms with Crippen LogP contribution >= 0.6 is 0 Å². The highest BCUT2D eigenvalue weighted by atomic mass is 19.1. The first kappa shape index (κ1) is 69.5. The summed E-state index contributed by atoms with van der Waals surface area (Å²) < 4.78 is 90.9. The highest BCUT2D eigenvalue weighted by Gasteiger charge is 2.33. The second kappa shape index (κ2) is 30.1. The lowest BCUT2D eigenvalue weighted by molar-refractivity contribution is 0.0843. The lowest BCUT2D eigenvalue weighted by Gasteiger charge is -2.33. The molecule has 5 aliphatic heterocycles. The van der Waals surface area contributed by atoms with Crippen LogP contribution in [0.4, 0.5) is 29.2 Å². The molecule has 0 aliphatic carbocycles. The molecule has 5 aliphatic rings. The van der Waals surface area contributed by atoms with Gasteiger partial charge in [-0.3, -0.25) is 15.3 Å². The number of aromatic nitrogens is 11. The van der Waals surface area contributed by atoms with E-state index in [1.54, 1.807) is 30.5 Å². The van der Waals surface area contributed by atoms with Crippen LogP contribution in [0.3, 0.4) is 0 Å². The summed E-state index contributed by atoms with van der Waals surface area (Å²) in [7, 11) is 3.64. The number of pyridine rings is 2. The van der Waals surface area contributed by atoms with E-state index in [9.17, 15) is 17.6 Å². The monoisotopic (exact) mass is 1470 g/mol. The first-order chi connectivity index (χ1) is 53.5. The molecule has 0 atom stereocenters. The number of hydrogen-bond acceptors (Lipinski definition) is 13. The molecule has 15 aromatic rings. The Morgan fingerprint density at radius 1 is 0.376 bits per heavy atom. The number of ether oxygens (including phenoxy) is 5. The number of rotatable bonds is 12. The molecule has 23 heteroatoms. The van der Waals surface area contributed by atoms with Crippen molar-refractivity contribution in [2.24, 2.45) is 0 Å². The van der Waals surface area contributed by atoms with Crippen LogP contribution in [-0.4, -0.2) is 165 Å². The third-order valence-corrected chi connectivity index (χ3v) is 22.4. The molecule has 0 amide bonds. The number of aromatic amines is 3. The van der Waals surface area contributed by atoms with E-state index in [4.69, 9.17) is 33.7 Å². The van der Waals surface area contributed by atoms with E-state index in [-0.39, 0.29) is 29.1 Å². The number of hydrogen-bond donors (Lipinski definition) is 3. The maximum Gasteiger partial charge on any atom is 0.165 e. The minimum Gasteiger partial charge on any atom is -0.494 e. The molecule has 0 saturated carbocycles. The van der Waals surface area contributed by atoms with E-state index >= 15 is 0 Å². The number of morpholine rings is 1. The van der Waals surface area contributed by atoms with E-state index in [0.717, 1.165) is 239 Å². The Hall–Kier alpha value is -11.2. The molecular formula is C86H82F4N14O5. The molecule has 0 radical (unpaired) electrons. The molecule has 5 fully saturated rings. The Labute approximate surface area is 625 Å². The summed E-state index contributed by atoms with van der Waals surface area (Å²) in [4.78, 5) is 16.8. The van der Waals surface area contributed by atoms with Gasteiger partial charge in [0.1, 0.15) is 29.1 Å². The van der Waals surface area contributed by atoms with Crippen molar-refractivity contribution in [2.45, 2.75) is 56.3 Å². The summed E-state index contributed by atoms with van der Waals surface area (Å²) in [5, 5.41) is 28.4. The number of H-pyrrole nitrogens is 3. The van der Waals surface area contributed by atoms with Crippen LogP contribution < -0.4 is 14.5 Å². The van der Waals surface area contributed by atoms with Crippen molar-refractivity contribution < 1.29 is 41.2 Å². The second-order valence-corrected chi connectivity index (χ2v) is 28.9. The molecule has 8 aromatic heterocycles. The molecule has 0 spiro atoms. The summed E-state index contributed by atoms with van der Waals surface area (Å²) >= 11 is 0. The Morgan fingerprint density at radius 3 is 1.08 bits per heavy atom. The lowest BCUT2D eigenvalue weighted by Crippen LogP contribution is -2.44. The highest BCUT2D eigenvalue weighted by molar-refractivity contribution is 6.08. The van der Waals surface area contributed by atoms with Crippen molar-refractivity contribution in [2.75, 3.05) is 116 Å². The van der Waals surface area contributed by atoms with Gasteiger partial charge in [-0.25, -0.2) is 27.5 Å². The van der Waals surface area contributed by atoms with Crippen molar-refractivity contribution in [1.82, 2.24) is 59.2 Å². The molecule has 109 heavy (non-hydrogen) atoms. The van der Waals surface area contributed by atoms with Gasteiger partial charge in [0.25, 0.3) is 0 Å². The molecule has 5 saturated heterocycles. The number of fused-ring (bicyclic) bond motifs is 6. The highest BCUT2D eigenvalue weighted by Crippen LogP contribution is 2.49. The summed E-state index contributed by atoms with van der Waals surface area (Å²) in [5.41, 5.74) is 18.8. The van der Waals surface area contributed by atoms with Crippen LogP contribution in [0.15, 0.2) is 183 Å². The van der Waals surface area contributed by atoms with Crippen LogP contribution in [0, 0.1) is 23.3 Å². The largest absolute Gasteiger partial charge is 0.494 e. The number of likely N-dealkylation sites (N-methyl/N-ethyl adjacent to an activating group) is 1. The molecule has 0 bridgehead atoms. The van der Waals surface area contributed by atoms with E-state index in [1.165, 1.54) is 72.1 Å². The van der Waals surface area contributed by atoms with Gasteiger partial charge in [0.05, 0.1) is 72.0 Å². The SMILES string of the molecule is CN1CCN(c2ccc(-c3c(C4CCOCC4)n(-c4ccc(F)cc4)c4cc5cn[nH]c5cc34)cn2)CC1.COc1cc(-c2c(C3CCOCC3)n(-c3ccc(F)cc3)c3cc4cn[nH]c4cc23)ccc1F.Fc1ccc(-n2c(C3CCOCC3)c(-c3ccc(N4CCOCC4)nc3)c3cc4[nH]ncc4cc32)cc1. The number of nitrogens with one attached hydrogen (secondary N) is 3. The zero-order valence-electron chi connectivity index (χ0n) is 60.7. The Kier molecular flexibility index (Phi) is 19.2. The number of methoxy groups -OCH3 is 1. The van der Waals surface area contributed by atoms with Gasteiger partial charge in [0.2, 0.25) is 0 Å². The molecule has 0 unspecified atom stereocenters. The summed E-state index contributed by atoms with van der Waals surface area (Å²) in [6.07, 6.45) is 15.0. The topological polar surface area (TPSA) is 182 Å². The maximum atomic E-state index is 14.3. The van der Waals surface area contributed by atoms with Crippen LogP contribution in [-0.2, 0) is 18.9 Å². The maximum absolute atomic E-state index is 14.3. The fourth-order valence-electron chi connectivity index (χ4n) is 16.9. The number of nitrogens with zero attached hydrogens (tertiary/aromatic N) is 11. The predicted molar refractivity (Wildman–Crippen MR) is 418 cm³/mol. The Balaban J connectivity index is 0.000000115. The van der Waals surface area contributed by atoms with Gasteiger partial charge in [-0.05, 0) is 197 Å². The number of benzene rings is 7. The molecule has 3 N–H and O–H groups in total. The lowest BCUT2D eigenvalue weighted by atomic mass is 9.89. The summed E-state index contributed by atoms with van der Waals surface area (Å²) in [6.45, 7) is 11.5. The zero-order chi connectivity index (χ0) is 73.6. The number of piperazine rings is 1. The Morgan fingerprint density at radius 2 is 0.725 bits per heavy atom. The normalized spacial score (nSPS) is 16.6. The van der Waals surface area contributed by atoms with E-state index in [2.05, 4.69) is 127 Å². The molecule has 19 nitrogen and oxygen atoms in total. The van der Waals surface area contributed by atoms with Crippen molar-refractivity contribution in [1.29, 1.82) is 0 Å². The van der Waals surface area contributed by atoms with Crippen molar-refractivity contribution in [3.8, 4) is 56.2 Å². The zero-order valence-corrected chi connectivity index (χ0v) is 60.7. The first-order valence-electron chi connectivity index (χ1n) is 37.6. The standard InChI is InChI=1S/C30H31FN6O.C29H28FN5O2.C27H23F2N3O2/c1-35-10-12-36(13-11-35)28-7-2-21(18-32-28)29-25-17-26-22(19-33-34-26)16-27(25)37(24-5-3-23(31)4-6-24)30(29)20-8-14-38-15-9-20;30-22-2-4-23(5-3-22)35-26-15-21-18-32-33-25(21)16-24(26)28(29(35)19-7-11-36-12-8-19)20-1-6-27(31-17-20)34-9-13-37-14-10-34;1-33-25-13-17(2-7-22(25)29)26-21-14-23-18(15-30-31-23)12-24(21)32(20-5-3-19(28)4-6-20)27(26)16-8-10-34-11-9-16/h2-7,16-20H,8-15H2,1H3,(H,33,34);1-6,15-19H,7-14H2,(H,32,33);2-7,12-16H,8-11H2,1H3,(H,30,31). The van der Waals surface area contributed by atoms with Crippen LogP contribution in [0.25, 0.3) is 116 Å². The minimum atomic E-state index is -0.405. The van der Waals surface area contributed by atoms with E-state index in [1.807, 2.05) is 49.1 Å². The molecule has 13 heterocycles. The number of halogens is 4.